The average Bonchev–Trinajstić information content (AvgIpc) is 2.99. The maximum atomic E-state index is 12.1. The largest absolute Gasteiger partial charge is 0.497 e. The summed E-state index contributed by atoms with van der Waals surface area (Å²) < 4.78 is 7.11. The number of aryl methyl sites for hydroxylation is 1. The van der Waals surface area contributed by atoms with Gasteiger partial charge >= 0.3 is 0 Å². The van der Waals surface area contributed by atoms with E-state index in [1.807, 2.05) is 35.8 Å². The molecule has 2 aromatic carbocycles. The fourth-order valence-electron chi connectivity index (χ4n) is 2.48. The number of rotatable bonds is 5. The Kier molecular flexibility index (Phi) is 4.56. The number of hydrogen-bond acceptors (Lipinski definition) is 4. The van der Waals surface area contributed by atoms with Crippen LogP contribution in [0.5, 0.6) is 5.75 Å². The van der Waals surface area contributed by atoms with Crippen molar-refractivity contribution in [1.29, 1.82) is 0 Å². The Morgan fingerprint density at radius 2 is 2.00 bits per heavy atom. The number of carbonyl (C=O) groups excluding carboxylic acids is 1. The Morgan fingerprint density at radius 3 is 2.71 bits per heavy atom. The van der Waals surface area contributed by atoms with Crippen LogP contribution in [0.4, 0.5) is 0 Å². The molecule has 0 saturated carbocycles. The smallest absolute Gasteiger partial charge is 0.271 e. The van der Waals surface area contributed by atoms with E-state index in [1.165, 1.54) is 0 Å². The summed E-state index contributed by atoms with van der Waals surface area (Å²) in [5.41, 5.74) is 4.98. The summed E-state index contributed by atoms with van der Waals surface area (Å²) in [4.78, 5) is 16.6. The second-order valence-corrected chi connectivity index (χ2v) is 5.13. The van der Waals surface area contributed by atoms with Crippen LogP contribution in [-0.2, 0) is 6.54 Å². The minimum absolute atomic E-state index is 0.284. The van der Waals surface area contributed by atoms with E-state index in [9.17, 15) is 4.79 Å². The average molecular weight is 322 g/mol. The van der Waals surface area contributed by atoms with Gasteiger partial charge in [-0.3, -0.25) is 4.79 Å². The molecule has 0 unspecified atom stereocenters. The van der Waals surface area contributed by atoms with E-state index in [-0.39, 0.29) is 5.91 Å². The molecule has 1 N–H and O–H groups in total. The Morgan fingerprint density at radius 1 is 1.25 bits per heavy atom. The number of imidazole rings is 1. The van der Waals surface area contributed by atoms with Crippen molar-refractivity contribution in [1.82, 2.24) is 15.0 Å². The molecule has 0 saturated heterocycles. The highest BCUT2D eigenvalue weighted by Crippen LogP contribution is 2.14. The third-order valence-corrected chi connectivity index (χ3v) is 3.70. The SMILES string of the molecule is CCn1c(C=NNC(=O)c2ccc(OC)cc2)nc2ccccc21. The van der Waals surface area contributed by atoms with Crippen molar-refractivity contribution in [2.75, 3.05) is 7.11 Å². The molecule has 1 heterocycles. The first-order chi connectivity index (χ1) is 11.7. The molecule has 1 amide bonds. The molecule has 0 atom stereocenters. The summed E-state index contributed by atoms with van der Waals surface area (Å²) in [5.74, 6) is 1.12. The van der Waals surface area contributed by atoms with Gasteiger partial charge in [0.25, 0.3) is 5.91 Å². The Labute approximate surface area is 139 Å². The zero-order chi connectivity index (χ0) is 16.9. The third kappa shape index (κ3) is 3.12. The number of para-hydroxylation sites is 2. The highest BCUT2D eigenvalue weighted by Gasteiger charge is 2.07. The summed E-state index contributed by atoms with van der Waals surface area (Å²) >= 11 is 0. The summed E-state index contributed by atoms with van der Waals surface area (Å²) in [6.07, 6.45) is 1.56. The van der Waals surface area contributed by atoms with Gasteiger partial charge < -0.3 is 9.30 Å². The number of ether oxygens (including phenoxy) is 1. The van der Waals surface area contributed by atoms with Crippen molar-refractivity contribution in [2.24, 2.45) is 5.10 Å². The number of nitrogens with one attached hydrogen (secondary N) is 1. The molecule has 0 radical (unpaired) electrons. The Hall–Kier alpha value is -3.15. The normalized spacial score (nSPS) is 11.1. The van der Waals surface area contributed by atoms with Crippen LogP contribution in [0, 0.1) is 0 Å². The quantitative estimate of drug-likeness (QED) is 0.580. The Bertz CT molecular complexity index is 882. The van der Waals surface area contributed by atoms with Gasteiger partial charge in [0.1, 0.15) is 5.75 Å². The van der Waals surface area contributed by atoms with Crippen LogP contribution in [0.15, 0.2) is 53.6 Å². The zero-order valence-corrected chi connectivity index (χ0v) is 13.6. The van der Waals surface area contributed by atoms with Crippen LogP contribution in [0.2, 0.25) is 0 Å². The molecule has 1 aromatic heterocycles. The van der Waals surface area contributed by atoms with Gasteiger partial charge in [-0.15, -0.1) is 0 Å². The predicted octanol–water partition coefficient (Wildman–Crippen LogP) is 2.83. The molecular weight excluding hydrogens is 304 g/mol. The number of methoxy groups -OCH3 is 1. The number of fused-ring (bicyclic) bond motifs is 1. The van der Waals surface area contributed by atoms with Gasteiger partial charge in [-0.05, 0) is 43.3 Å². The van der Waals surface area contributed by atoms with Gasteiger partial charge in [-0.25, -0.2) is 10.4 Å². The van der Waals surface area contributed by atoms with Crippen LogP contribution >= 0.6 is 0 Å². The van der Waals surface area contributed by atoms with E-state index in [4.69, 9.17) is 4.74 Å². The van der Waals surface area contributed by atoms with Crippen molar-refractivity contribution in [2.45, 2.75) is 13.5 Å². The lowest BCUT2D eigenvalue weighted by atomic mass is 10.2. The molecular formula is C18H18N4O2. The van der Waals surface area contributed by atoms with Crippen LogP contribution in [0.3, 0.4) is 0 Å². The fourth-order valence-corrected chi connectivity index (χ4v) is 2.48. The molecule has 6 heteroatoms. The first-order valence-corrected chi connectivity index (χ1v) is 7.65. The van der Waals surface area contributed by atoms with Crippen molar-refractivity contribution >= 4 is 23.2 Å². The molecule has 3 aromatic rings. The Balaban J connectivity index is 1.75. The van der Waals surface area contributed by atoms with Crippen LogP contribution in [0.1, 0.15) is 23.1 Å². The molecule has 0 spiro atoms. The summed E-state index contributed by atoms with van der Waals surface area (Å²) in [5, 5.41) is 4.03. The van der Waals surface area contributed by atoms with E-state index in [1.54, 1.807) is 37.6 Å². The molecule has 6 nitrogen and oxygen atoms in total. The first-order valence-electron chi connectivity index (χ1n) is 7.65. The van der Waals surface area contributed by atoms with Gasteiger partial charge in [0.15, 0.2) is 5.82 Å². The monoisotopic (exact) mass is 322 g/mol. The van der Waals surface area contributed by atoms with Gasteiger partial charge in [-0.1, -0.05) is 12.1 Å². The van der Waals surface area contributed by atoms with Crippen LogP contribution < -0.4 is 10.2 Å². The molecule has 0 aliphatic carbocycles. The molecule has 0 aliphatic heterocycles. The summed E-state index contributed by atoms with van der Waals surface area (Å²) in [7, 11) is 1.58. The zero-order valence-electron chi connectivity index (χ0n) is 13.6. The van der Waals surface area contributed by atoms with E-state index in [0.717, 1.165) is 17.6 Å². The number of hydrazone groups is 1. The maximum absolute atomic E-state index is 12.1. The highest BCUT2D eigenvalue weighted by atomic mass is 16.5. The predicted molar refractivity (Wildman–Crippen MR) is 93.5 cm³/mol. The second-order valence-electron chi connectivity index (χ2n) is 5.13. The lowest BCUT2D eigenvalue weighted by molar-refractivity contribution is 0.0955. The molecule has 24 heavy (non-hydrogen) atoms. The van der Waals surface area contributed by atoms with Crippen molar-refractivity contribution in [3.05, 3.63) is 59.9 Å². The molecule has 3 rings (SSSR count). The minimum Gasteiger partial charge on any atom is -0.497 e. The second kappa shape index (κ2) is 6.95. The number of aromatic nitrogens is 2. The van der Waals surface area contributed by atoms with Crippen molar-refractivity contribution in [3.8, 4) is 5.75 Å². The van der Waals surface area contributed by atoms with Gasteiger partial charge in [0, 0.05) is 12.1 Å². The van der Waals surface area contributed by atoms with E-state index < -0.39 is 0 Å². The topological polar surface area (TPSA) is 68.5 Å². The summed E-state index contributed by atoms with van der Waals surface area (Å²) in [6, 6.07) is 14.7. The lowest BCUT2D eigenvalue weighted by Crippen LogP contribution is -2.18. The van der Waals surface area contributed by atoms with Gasteiger partial charge in [-0.2, -0.15) is 5.10 Å². The van der Waals surface area contributed by atoms with Crippen LogP contribution in [-0.4, -0.2) is 28.8 Å². The summed E-state index contributed by atoms with van der Waals surface area (Å²) in [6.45, 7) is 2.82. The number of hydrogen-bond donors (Lipinski definition) is 1. The van der Waals surface area contributed by atoms with Crippen molar-refractivity contribution < 1.29 is 9.53 Å². The van der Waals surface area contributed by atoms with E-state index >= 15 is 0 Å². The van der Waals surface area contributed by atoms with Gasteiger partial charge in [0.2, 0.25) is 0 Å². The molecule has 0 bridgehead atoms. The van der Waals surface area contributed by atoms with Crippen molar-refractivity contribution in [3.63, 3.8) is 0 Å². The van der Waals surface area contributed by atoms with E-state index in [0.29, 0.717) is 17.1 Å². The van der Waals surface area contributed by atoms with Gasteiger partial charge in [0.05, 0.1) is 24.4 Å². The first kappa shape index (κ1) is 15.7. The number of amides is 1. The number of nitrogens with zero attached hydrogens (tertiary/aromatic N) is 3. The molecule has 122 valence electrons. The third-order valence-electron chi connectivity index (χ3n) is 3.70. The standard InChI is InChI=1S/C18H18N4O2/c1-3-22-16-7-5-4-6-15(16)20-17(22)12-19-21-18(23)13-8-10-14(24-2)11-9-13/h4-12H,3H2,1-2H3,(H,21,23). The number of benzene rings is 2. The lowest BCUT2D eigenvalue weighted by Gasteiger charge is -2.03. The molecule has 0 fully saturated rings. The fraction of sp³-hybridized carbons (Fsp3) is 0.167. The highest BCUT2D eigenvalue weighted by molar-refractivity contribution is 5.95. The minimum atomic E-state index is -0.284. The van der Waals surface area contributed by atoms with E-state index in [2.05, 4.69) is 15.5 Å². The van der Waals surface area contributed by atoms with Crippen LogP contribution in [0.25, 0.3) is 11.0 Å². The maximum Gasteiger partial charge on any atom is 0.271 e. The number of carbonyl (C=O) groups is 1. The molecule has 0 aliphatic rings.